The second kappa shape index (κ2) is 5.00. The van der Waals surface area contributed by atoms with Gasteiger partial charge in [-0.15, -0.1) is 0 Å². The number of rotatable bonds is 3. The molecule has 0 amide bonds. The summed E-state index contributed by atoms with van der Waals surface area (Å²) in [6, 6.07) is 0. The first-order chi connectivity index (χ1) is 6.91. The van der Waals surface area contributed by atoms with Gasteiger partial charge in [0, 0.05) is 6.42 Å². The quantitative estimate of drug-likeness (QED) is 0.774. The molecule has 1 N–H and O–H groups in total. The van der Waals surface area contributed by atoms with Gasteiger partial charge in [0.05, 0.1) is 0 Å². The average molecular weight is 212 g/mol. The molecule has 2 atom stereocenters. The Bertz CT molecular complexity index is 215. The van der Waals surface area contributed by atoms with Crippen molar-refractivity contribution in [2.24, 2.45) is 17.3 Å². The number of carboxylic acid groups (broad SMARTS) is 1. The molecule has 2 unspecified atom stereocenters. The summed E-state index contributed by atoms with van der Waals surface area (Å²) in [6.07, 6.45) is 6.35. The molecule has 2 heteroatoms. The molecule has 1 saturated carbocycles. The highest BCUT2D eigenvalue weighted by Crippen LogP contribution is 2.43. The van der Waals surface area contributed by atoms with E-state index >= 15 is 0 Å². The van der Waals surface area contributed by atoms with Crippen LogP contribution in [0.2, 0.25) is 0 Å². The van der Waals surface area contributed by atoms with Crippen molar-refractivity contribution < 1.29 is 9.90 Å². The molecule has 1 aliphatic rings. The lowest BCUT2D eigenvalue weighted by atomic mass is 9.65. The molecule has 0 aliphatic heterocycles. The van der Waals surface area contributed by atoms with Gasteiger partial charge in [-0.1, -0.05) is 40.0 Å². The van der Waals surface area contributed by atoms with Crippen LogP contribution in [0.1, 0.15) is 59.3 Å². The van der Waals surface area contributed by atoms with Crippen LogP contribution >= 0.6 is 0 Å². The zero-order valence-corrected chi connectivity index (χ0v) is 10.3. The van der Waals surface area contributed by atoms with Crippen molar-refractivity contribution in [2.45, 2.75) is 59.3 Å². The minimum absolute atomic E-state index is 0.337. The van der Waals surface area contributed by atoms with Gasteiger partial charge in [0.15, 0.2) is 0 Å². The highest BCUT2D eigenvalue weighted by atomic mass is 16.4. The highest BCUT2D eigenvalue weighted by molar-refractivity contribution is 5.66. The summed E-state index contributed by atoms with van der Waals surface area (Å²) in [5, 5.41) is 8.73. The van der Waals surface area contributed by atoms with Gasteiger partial charge in [0.2, 0.25) is 0 Å². The third kappa shape index (κ3) is 3.84. The maximum absolute atomic E-state index is 10.6. The Hall–Kier alpha value is -0.530. The Balaban J connectivity index is 2.54. The van der Waals surface area contributed by atoms with Gasteiger partial charge >= 0.3 is 5.97 Å². The predicted molar refractivity (Wildman–Crippen MR) is 61.8 cm³/mol. The Morgan fingerprint density at radius 2 is 1.87 bits per heavy atom. The Kier molecular flexibility index (Phi) is 4.18. The third-order valence-corrected chi connectivity index (χ3v) is 3.75. The maximum atomic E-state index is 10.6. The van der Waals surface area contributed by atoms with E-state index < -0.39 is 5.97 Å². The van der Waals surface area contributed by atoms with Crippen LogP contribution in [0.5, 0.6) is 0 Å². The van der Waals surface area contributed by atoms with Gasteiger partial charge < -0.3 is 5.11 Å². The summed E-state index contributed by atoms with van der Waals surface area (Å²) in [5.74, 6) is 0.702. The van der Waals surface area contributed by atoms with Crippen LogP contribution in [-0.2, 0) is 4.79 Å². The van der Waals surface area contributed by atoms with E-state index in [4.69, 9.17) is 5.11 Å². The molecule has 1 fully saturated rings. The molecule has 2 nitrogen and oxygen atoms in total. The summed E-state index contributed by atoms with van der Waals surface area (Å²) < 4.78 is 0. The van der Waals surface area contributed by atoms with Crippen LogP contribution in [0.4, 0.5) is 0 Å². The summed E-state index contributed by atoms with van der Waals surface area (Å²) >= 11 is 0. The van der Waals surface area contributed by atoms with Crippen molar-refractivity contribution in [3.63, 3.8) is 0 Å². The largest absolute Gasteiger partial charge is 0.481 e. The first-order valence-electron chi connectivity index (χ1n) is 6.13. The zero-order valence-electron chi connectivity index (χ0n) is 10.3. The number of aliphatic carboxylic acids is 1. The first-order valence-corrected chi connectivity index (χ1v) is 6.13. The molecular formula is C13H24O2. The Morgan fingerprint density at radius 3 is 2.40 bits per heavy atom. The summed E-state index contributed by atoms with van der Waals surface area (Å²) in [5.41, 5.74) is 0.337. The molecule has 1 aliphatic carbocycles. The van der Waals surface area contributed by atoms with E-state index in [0.29, 0.717) is 23.7 Å². The first kappa shape index (κ1) is 12.5. The van der Waals surface area contributed by atoms with Crippen molar-refractivity contribution in [3.05, 3.63) is 0 Å². The van der Waals surface area contributed by atoms with Crippen LogP contribution in [0.25, 0.3) is 0 Å². The minimum Gasteiger partial charge on any atom is -0.481 e. The fourth-order valence-corrected chi connectivity index (χ4v) is 3.00. The summed E-state index contributed by atoms with van der Waals surface area (Å²) in [7, 11) is 0. The maximum Gasteiger partial charge on any atom is 0.303 e. The topological polar surface area (TPSA) is 37.3 Å². The fourth-order valence-electron chi connectivity index (χ4n) is 3.00. The molecule has 0 saturated heterocycles. The van der Waals surface area contributed by atoms with Crippen LogP contribution in [-0.4, -0.2) is 11.1 Å². The third-order valence-electron chi connectivity index (χ3n) is 3.75. The van der Waals surface area contributed by atoms with Gasteiger partial charge in [-0.2, -0.15) is 0 Å². The number of carbonyl (C=O) groups is 1. The van der Waals surface area contributed by atoms with Crippen molar-refractivity contribution >= 4 is 5.97 Å². The highest BCUT2D eigenvalue weighted by Gasteiger charge is 2.33. The molecule has 15 heavy (non-hydrogen) atoms. The van der Waals surface area contributed by atoms with E-state index in [1.165, 1.54) is 25.7 Å². The Morgan fingerprint density at radius 1 is 1.27 bits per heavy atom. The van der Waals surface area contributed by atoms with Crippen molar-refractivity contribution in [1.82, 2.24) is 0 Å². The van der Waals surface area contributed by atoms with Crippen molar-refractivity contribution in [3.8, 4) is 0 Å². The zero-order chi connectivity index (χ0) is 11.5. The van der Waals surface area contributed by atoms with Crippen LogP contribution in [0.3, 0.4) is 0 Å². The lowest BCUT2D eigenvalue weighted by Crippen LogP contribution is -2.31. The number of hydrogen-bond acceptors (Lipinski definition) is 1. The van der Waals surface area contributed by atoms with Crippen molar-refractivity contribution in [2.75, 3.05) is 0 Å². The Labute approximate surface area is 93.1 Å². The van der Waals surface area contributed by atoms with E-state index in [1.807, 2.05) is 0 Å². The molecule has 1 rings (SSSR count). The molecule has 0 radical (unpaired) electrons. The number of carboxylic acids is 1. The SMILES string of the molecule is CC(C)(C)C1CCCCC1CCC(=O)O. The molecule has 88 valence electrons. The van der Waals surface area contributed by atoms with Crippen LogP contribution in [0, 0.1) is 17.3 Å². The monoisotopic (exact) mass is 212 g/mol. The van der Waals surface area contributed by atoms with Gasteiger partial charge in [0.1, 0.15) is 0 Å². The average Bonchev–Trinajstić information content (AvgIpc) is 2.13. The number of hydrogen-bond donors (Lipinski definition) is 1. The molecule has 0 aromatic rings. The van der Waals surface area contributed by atoms with Gasteiger partial charge in [-0.05, 0) is 30.1 Å². The lowest BCUT2D eigenvalue weighted by Gasteiger charge is -2.40. The summed E-state index contributed by atoms with van der Waals surface area (Å²) in [4.78, 5) is 10.6. The van der Waals surface area contributed by atoms with Gasteiger partial charge in [-0.3, -0.25) is 4.79 Å². The van der Waals surface area contributed by atoms with E-state index in [2.05, 4.69) is 20.8 Å². The molecule has 0 bridgehead atoms. The summed E-state index contributed by atoms with van der Waals surface area (Å²) in [6.45, 7) is 6.87. The minimum atomic E-state index is -0.645. The molecule has 0 spiro atoms. The molecule has 0 aromatic carbocycles. The molecule has 0 heterocycles. The van der Waals surface area contributed by atoms with Crippen molar-refractivity contribution in [1.29, 1.82) is 0 Å². The smallest absolute Gasteiger partial charge is 0.303 e. The van der Waals surface area contributed by atoms with E-state index in [9.17, 15) is 4.79 Å². The second-order valence-corrected chi connectivity index (χ2v) is 5.95. The van der Waals surface area contributed by atoms with Crippen LogP contribution in [0.15, 0.2) is 0 Å². The normalized spacial score (nSPS) is 27.7. The van der Waals surface area contributed by atoms with E-state index in [0.717, 1.165) is 6.42 Å². The second-order valence-electron chi connectivity index (χ2n) is 5.95. The van der Waals surface area contributed by atoms with Gasteiger partial charge in [0.25, 0.3) is 0 Å². The van der Waals surface area contributed by atoms with Gasteiger partial charge in [-0.25, -0.2) is 0 Å². The van der Waals surface area contributed by atoms with E-state index in [-0.39, 0.29) is 0 Å². The lowest BCUT2D eigenvalue weighted by molar-refractivity contribution is -0.137. The predicted octanol–water partition coefficient (Wildman–Crippen LogP) is 3.70. The molecule has 0 aromatic heterocycles. The fraction of sp³-hybridized carbons (Fsp3) is 0.923. The molecular weight excluding hydrogens is 188 g/mol. The standard InChI is InChI=1S/C13H24O2/c1-13(2,3)11-7-5-4-6-10(11)8-9-12(14)15/h10-11H,4-9H2,1-3H3,(H,14,15). The van der Waals surface area contributed by atoms with Crippen LogP contribution < -0.4 is 0 Å². The van der Waals surface area contributed by atoms with E-state index in [1.54, 1.807) is 0 Å².